The average Bonchev–Trinajstić information content (AvgIpc) is 3.70. The van der Waals surface area contributed by atoms with Crippen LogP contribution in [0, 0.1) is 11.6 Å². The number of hydrogen-bond acceptors (Lipinski definition) is 8. The summed E-state index contributed by atoms with van der Waals surface area (Å²) in [6.07, 6.45) is -10.4. The van der Waals surface area contributed by atoms with Crippen LogP contribution in [-0.4, -0.2) is 34.9 Å². The Balaban J connectivity index is 0.000000211. The van der Waals surface area contributed by atoms with Crippen LogP contribution in [0.2, 0.25) is 0 Å². The number of carboxylic acids is 2. The van der Waals surface area contributed by atoms with Gasteiger partial charge in [-0.3, -0.25) is 0 Å². The van der Waals surface area contributed by atoms with Gasteiger partial charge in [-0.05, 0) is 69.5 Å². The fraction of sp³-hybridized carbons (Fsp3) is 0.118. The summed E-state index contributed by atoms with van der Waals surface area (Å²) >= 11 is 2.95. The van der Waals surface area contributed by atoms with Gasteiger partial charge in [0.15, 0.2) is 23.1 Å². The lowest BCUT2D eigenvalue weighted by Crippen LogP contribution is -2.21. The van der Waals surface area contributed by atoms with Gasteiger partial charge in [0.1, 0.15) is 11.2 Å². The number of ether oxygens (including phenoxy) is 2. The number of hydrogen-bond donors (Lipinski definition) is 4. The maximum absolute atomic E-state index is 13.3. The fourth-order valence-corrected chi connectivity index (χ4v) is 5.12. The highest BCUT2D eigenvalue weighted by Crippen LogP contribution is 2.38. The molecule has 0 radical (unpaired) electrons. The SMILES string of the molecule is O=C(O)c1cc2ccc(CNc3cc(F)c(F)c(Br)c3)cc2o1.O=C(O)c1cc2ccc(CNc3ccc(OC(F)(F)F)c(OC(F)(F)F)c3)cc2o1. The van der Waals surface area contributed by atoms with Crippen LogP contribution >= 0.6 is 15.9 Å². The summed E-state index contributed by atoms with van der Waals surface area (Å²) in [5.41, 5.74) is 2.55. The van der Waals surface area contributed by atoms with E-state index in [1.165, 1.54) is 24.3 Å². The van der Waals surface area contributed by atoms with Crippen LogP contribution in [0.1, 0.15) is 32.2 Å². The minimum Gasteiger partial charge on any atom is -0.475 e. The molecular formula is C34H21BrF8N2O8. The zero-order valence-electron chi connectivity index (χ0n) is 26.2. The molecule has 4 aromatic carbocycles. The van der Waals surface area contributed by atoms with Crippen molar-refractivity contribution in [2.45, 2.75) is 25.8 Å². The molecule has 0 aliphatic rings. The Morgan fingerprint density at radius 2 is 1.13 bits per heavy atom. The zero-order valence-corrected chi connectivity index (χ0v) is 27.8. The summed E-state index contributed by atoms with van der Waals surface area (Å²) in [6.45, 7) is 0.389. The van der Waals surface area contributed by atoms with Crippen molar-refractivity contribution < 1.29 is 73.2 Å². The molecule has 278 valence electrons. The van der Waals surface area contributed by atoms with Crippen molar-refractivity contribution in [2.24, 2.45) is 0 Å². The Labute approximate surface area is 299 Å². The molecule has 0 atom stereocenters. The van der Waals surface area contributed by atoms with Gasteiger partial charge in [-0.15, -0.1) is 26.3 Å². The second-order valence-corrected chi connectivity index (χ2v) is 11.6. The van der Waals surface area contributed by atoms with E-state index < -0.39 is 47.8 Å². The van der Waals surface area contributed by atoms with Gasteiger partial charge in [0, 0.05) is 47.4 Å². The van der Waals surface area contributed by atoms with Gasteiger partial charge in [-0.1, -0.05) is 24.3 Å². The molecule has 0 aliphatic heterocycles. The van der Waals surface area contributed by atoms with E-state index in [2.05, 4.69) is 36.0 Å². The number of fused-ring (bicyclic) bond motifs is 2. The first-order chi connectivity index (χ1) is 24.8. The van der Waals surface area contributed by atoms with Crippen LogP contribution in [0.25, 0.3) is 21.9 Å². The molecule has 19 heteroatoms. The summed E-state index contributed by atoms with van der Waals surface area (Å²) in [7, 11) is 0. The second-order valence-electron chi connectivity index (χ2n) is 10.8. The highest BCUT2D eigenvalue weighted by Gasteiger charge is 2.36. The summed E-state index contributed by atoms with van der Waals surface area (Å²) in [6, 6.07) is 17.7. The number of aromatic carboxylic acids is 2. The number of furan rings is 2. The monoisotopic (exact) mass is 816 g/mol. The van der Waals surface area contributed by atoms with Gasteiger partial charge in [-0.25, -0.2) is 18.4 Å². The highest BCUT2D eigenvalue weighted by molar-refractivity contribution is 9.10. The lowest BCUT2D eigenvalue weighted by molar-refractivity contribution is -0.287. The predicted octanol–water partition coefficient (Wildman–Crippen LogP) is 10.3. The van der Waals surface area contributed by atoms with E-state index in [1.807, 2.05) is 0 Å². The molecule has 0 bridgehead atoms. The average molecular weight is 817 g/mol. The van der Waals surface area contributed by atoms with Crippen LogP contribution in [0.4, 0.5) is 46.5 Å². The first-order valence-corrected chi connectivity index (χ1v) is 15.4. The molecule has 53 heavy (non-hydrogen) atoms. The third-order valence-electron chi connectivity index (χ3n) is 6.96. The lowest BCUT2D eigenvalue weighted by Gasteiger charge is -2.17. The Morgan fingerprint density at radius 3 is 1.60 bits per heavy atom. The first kappa shape index (κ1) is 38.3. The maximum Gasteiger partial charge on any atom is 0.573 e. The van der Waals surface area contributed by atoms with E-state index in [9.17, 15) is 44.7 Å². The summed E-state index contributed by atoms with van der Waals surface area (Å²) in [5.74, 6) is -6.97. The molecule has 0 spiro atoms. The summed E-state index contributed by atoms with van der Waals surface area (Å²) < 4.78 is 119. The first-order valence-electron chi connectivity index (χ1n) is 14.6. The molecule has 6 aromatic rings. The van der Waals surface area contributed by atoms with Gasteiger partial charge >= 0.3 is 24.7 Å². The minimum atomic E-state index is -5.23. The number of anilines is 2. The van der Waals surface area contributed by atoms with Crippen LogP contribution in [-0.2, 0) is 13.1 Å². The molecule has 0 saturated carbocycles. The van der Waals surface area contributed by atoms with Gasteiger partial charge in [-0.2, -0.15) is 0 Å². The van der Waals surface area contributed by atoms with E-state index in [-0.39, 0.29) is 33.8 Å². The van der Waals surface area contributed by atoms with Crippen LogP contribution in [0.15, 0.2) is 92.2 Å². The number of rotatable bonds is 10. The molecule has 6 rings (SSSR count). The number of alkyl halides is 6. The molecule has 10 nitrogen and oxygen atoms in total. The number of carboxylic acid groups (broad SMARTS) is 2. The quantitative estimate of drug-likeness (QED) is 0.0779. The molecule has 0 amide bonds. The molecule has 0 saturated heterocycles. The van der Waals surface area contributed by atoms with Crippen molar-refractivity contribution in [1.82, 2.24) is 0 Å². The van der Waals surface area contributed by atoms with Gasteiger partial charge in [0.05, 0.1) is 4.47 Å². The number of carbonyl (C=O) groups is 2. The smallest absolute Gasteiger partial charge is 0.475 e. The molecule has 0 unspecified atom stereocenters. The van der Waals surface area contributed by atoms with Crippen molar-refractivity contribution in [2.75, 3.05) is 10.6 Å². The van der Waals surface area contributed by atoms with Gasteiger partial charge in [0.25, 0.3) is 0 Å². The number of nitrogens with one attached hydrogen (secondary N) is 2. The Bertz CT molecular complexity index is 2280. The van der Waals surface area contributed by atoms with E-state index in [0.29, 0.717) is 46.3 Å². The fourth-order valence-electron chi connectivity index (χ4n) is 4.68. The molecule has 2 aromatic heterocycles. The topological polar surface area (TPSA) is 143 Å². The molecule has 0 aliphatic carbocycles. The maximum atomic E-state index is 13.3. The van der Waals surface area contributed by atoms with Crippen molar-refractivity contribution in [3.05, 3.63) is 118 Å². The Kier molecular flexibility index (Phi) is 11.1. The zero-order chi connectivity index (χ0) is 38.7. The van der Waals surface area contributed by atoms with Crippen molar-refractivity contribution >= 4 is 61.2 Å². The summed E-state index contributed by atoms with van der Waals surface area (Å²) in [4.78, 5) is 21.8. The van der Waals surface area contributed by atoms with Crippen molar-refractivity contribution in [3.63, 3.8) is 0 Å². The van der Waals surface area contributed by atoms with Crippen LogP contribution < -0.4 is 20.1 Å². The molecule has 2 heterocycles. The Morgan fingerprint density at radius 1 is 0.642 bits per heavy atom. The van der Waals surface area contributed by atoms with E-state index in [0.717, 1.165) is 17.7 Å². The Hall–Kier alpha value is -5.98. The number of benzene rings is 4. The molecule has 4 N–H and O–H groups in total. The molecular weight excluding hydrogens is 796 g/mol. The van der Waals surface area contributed by atoms with Gasteiger partial charge < -0.3 is 39.2 Å². The standard InChI is InChI=1S/C18H11F6NO5.C16H10BrF2NO3/c19-17(20,21)29-12-4-3-11(7-14(12)30-18(22,23)24)25-8-9-1-2-10-6-15(16(26)27)28-13(10)5-9;17-11-5-10(6-12(18)15(11)19)20-7-8-1-2-9-4-14(16(21)22)23-13(9)3-8/h1-7,25H,8H2,(H,26,27);1-6,20H,7H2,(H,21,22). The predicted molar refractivity (Wildman–Crippen MR) is 175 cm³/mol. The van der Waals surface area contributed by atoms with E-state index in [1.54, 1.807) is 30.3 Å². The lowest BCUT2D eigenvalue weighted by atomic mass is 10.1. The highest BCUT2D eigenvalue weighted by atomic mass is 79.9. The molecule has 0 fully saturated rings. The van der Waals surface area contributed by atoms with Gasteiger partial charge in [0.2, 0.25) is 11.5 Å². The third-order valence-corrected chi connectivity index (χ3v) is 7.54. The van der Waals surface area contributed by atoms with Crippen molar-refractivity contribution in [1.29, 1.82) is 0 Å². The normalized spacial score (nSPS) is 11.6. The third kappa shape index (κ3) is 10.3. The second kappa shape index (κ2) is 15.3. The van der Waals surface area contributed by atoms with Crippen molar-refractivity contribution in [3.8, 4) is 11.5 Å². The van der Waals surface area contributed by atoms with Crippen LogP contribution in [0.3, 0.4) is 0 Å². The largest absolute Gasteiger partial charge is 0.573 e. The minimum absolute atomic E-state index is 0.0227. The van der Waals surface area contributed by atoms with E-state index in [4.69, 9.17) is 19.0 Å². The summed E-state index contributed by atoms with van der Waals surface area (Å²) in [5, 5.41) is 24.7. The van der Waals surface area contributed by atoms with Crippen LogP contribution in [0.5, 0.6) is 11.5 Å². The van der Waals surface area contributed by atoms with E-state index >= 15 is 0 Å². The number of halogens is 9.